The molecule has 1 aromatic heterocycles. The minimum atomic E-state index is -0.686. The predicted molar refractivity (Wildman–Crippen MR) is 77.4 cm³/mol. The molecule has 1 aromatic rings. The van der Waals surface area contributed by atoms with Gasteiger partial charge in [0, 0.05) is 12.7 Å². The molecule has 0 spiro atoms. The van der Waals surface area contributed by atoms with Gasteiger partial charge in [0.15, 0.2) is 5.82 Å². The highest BCUT2D eigenvalue weighted by Gasteiger charge is 2.06. The highest BCUT2D eigenvalue weighted by molar-refractivity contribution is 6.33. The molecular weight excluding hydrogens is 266 g/mol. The molecule has 19 heavy (non-hydrogen) atoms. The van der Waals surface area contributed by atoms with Crippen molar-refractivity contribution in [3.63, 3.8) is 0 Å². The molecule has 0 bridgehead atoms. The van der Waals surface area contributed by atoms with Crippen molar-refractivity contribution in [1.82, 2.24) is 10.3 Å². The molecule has 0 aliphatic carbocycles. The maximum absolute atomic E-state index is 10.9. The van der Waals surface area contributed by atoms with Crippen LogP contribution >= 0.6 is 11.6 Å². The number of pyridine rings is 1. The van der Waals surface area contributed by atoms with Gasteiger partial charge in [-0.2, -0.15) is 0 Å². The van der Waals surface area contributed by atoms with E-state index < -0.39 is 6.03 Å². The van der Waals surface area contributed by atoms with Gasteiger partial charge in [0.2, 0.25) is 5.96 Å². The molecule has 0 aromatic carbocycles. The number of halogens is 1. The lowest BCUT2D eigenvalue weighted by atomic mass is 10.2. The molecular formula is C12H18ClN5O. The maximum Gasteiger partial charge on any atom is 0.318 e. The Morgan fingerprint density at radius 3 is 2.95 bits per heavy atom. The number of hydrogen-bond acceptors (Lipinski definition) is 3. The largest absolute Gasteiger partial charge is 0.351 e. The first-order valence-corrected chi connectivity index (χ1v) is 6.49. The van der Waals surface area contributed by atoms with Gasteiger partial charge < -0.3 is 11.1 Å². The fraction of sp³-hybridized carbons (Fsp3) is 0.417. The second kappa shape index (κ2) is 8.31. The van der Waals surface area contributed by atoms with Gasteiger partial charge in [0.05, 0.1) is 5.02 Å². The van der Waals surface area contributed by atoms with Crippen molar-refractivity contribution in [2.45, 2.75) is 26.2 Å². The van der Waals surface area contributed by atoms with Crippen molar-refractivity contribution in [3.05, 3.63) is 23.4 Å². The molecule has 0 unspecified atom stereocenters. The molecule has 2 amide bonds. The zero-order valence-electron chi connectivity index (χ0n) is 10.8. The molecule has 0 radical (unpaired) electrons. The fourth-order valence-corrected chi connectivity index (χ4v) is 1.54. The van der Waals surface area contributed by atoms with Gasteiger partial charge in [-0.25, -0.2) is 9.78 Å². The number of aromatic nitrogens is 1. The summed E-state index contributed by atoms with van der Waals surface area (Å²) in [5.74, 6) is 0.677. The van der Waals surface area contributed by atoms with Crippen LogP contribution in [0.3, 0.4) is 0 Å². The average molecular weight is 284 g/mol. The molecule has 0 fully saturated rings. The molecule has 6 nitrogen and oxygen atoms in total. The van der Waals surface area contributed by atoms with Gasteiger partial charge in [0.1, 0.15) is 0 Å². The Hall–Kier alpha value is -1.82. The lowest BCUT2D eigenvalue weighted by molar-refractivity contribution is 0.253. The van der Waals surface area contributed by atoms with E-state index in [4.69, 9.17) is 17.3 Å². The van der Waals surface area contributed by atoms with E-state index in [2.05, 4.69) is 27.5 Å². The maximum atomic E-state index is 10.9. The molecule has 104 valence electrons. The van der Waals surface area contributed by atoms with E-state index in [-0.39, 0.29) is 5.96 Å². The summed E-state index contributed by atoms with van der Waals surface area (Å²) in [5.41, 5.74) is 5.09. The molecule has 0 atom stereocenters. The number of aliphatic imine (C=N–C) groups is 1. The first-order chi connectivity index (χ1) is 9.13. The molecule has 1 heterocycles. The second-order valence-corrected chi connectivity index (χ2v) is 4.29. The smallest absolute Gasteiger partial charge is 0.318 e. The molecule has 1 rings (SSSR count). The van der Waals surface area contributed by atoms with E-state index in [9.17, 15) is 4.79 Å². The Morgan fingerprint density at radius 1 is 1.53 bits per heavy atom. The van der Waals surface area contributed by atoms with Crippen LogP contribution in [0.2, 0.25) is 5.02 Å². The van der Waals surface area contributed by atoms with Crippen LogP contribution in [-0.4, -0.2) is 23.5 Å². The number of urea groups is 1. The lowest BCUT2D eigenvalue weighted by Gasteiger charge is -2.10. The van der Waals surface area contributed by atoms with E-state index >= 15 is 0 Å². The highest BCUT2D eigenvalue weighted by atomic mass is 35.5. The number of nitrogens with zero attached hydrogens (tertiary/aromatic N) is 2. The van der Waals surface area contributed by atoms with Crippen molar-refractivity contribution in [2.75, 3.05) is 11.9 Å². The summed E-state index contributed by atoms with van der Waals surface area (Å²) < 4.78 is 0. The summed E-state index contributed by atoms with van der Waals surface area (Å²) in [7, 11) is 0. The van der Waals surface area contributed by atoms with Crippen molar-refractivity contribution >= 4 is 29.4 Å². The van der Waals surface area contributed by atoms with Crippen LogP contribution in [-0.2, 0) is 0 Å². The van der Waals surface area contributed by atoms with Crippen molar-refractivity contribution in [2.24, 2.45) is 10.7 Å². The zero-order valence-corrected chi connectivity index (χ0v) is 11.6. The number of amides is 2. The van der Waals surface area contributed by atoms with E-state index in [1.807, 2.05) is 0 Å². The summed E-state index contributed by atoms with van der Waals surface area (Å²) in [6, 6.07) is 2.72. The van der Waals surface area contributed by atoms with Crippen molar-refractivity contribution < 1.29 is 4.79 Å². The minimum absolute atomic E-state index is 0.254. The summed E-state index contributed by atoms with van der Waals surface area (Å²) in [6.07, 6.45) is 4.72. The fourth-order valence-electron chi connectivity index (χ4n) is 1.37. The van der Waals surface area contributed by atoms with Gasteiger partial charge in [-0.15, -0.1) is 0 Å². The van der Waals surface area contributed by atoms with Gasteiger partial charge in [-0.3, -0.25) is 10.3 Å². The first-order valence-electron chi connectivity index (χ1n) is 6.12. The number of carbonyl (C=O) groups is 1. The van der Waals surface area contributed by atoms with Crippen LogP contribution in [0.5, 0.6) is 0 Å². The van der Waals surface area contributed by atoms with Crippen LogP contribution in [0.25, 0.3) is 0 Å². The summed E-state index contributed by atoms with van der Waals surface area (Å²) in [5, 5.41) is 5.70. The van der Waals surface area contributed by atoms with Crippen LogP contribution in [0, 0.1) is 0 Å². The zero-order chi connectivity index (χ0) is 14.1. The number of nitrogens with one attached hydrogen (secondary N) is 2. The Labute approximate surface area is 117 Å². The number of rotatable bonds is 5. The number of guanidine groups is 1. The molecule has 0 saturated heterocycles. The average Bonchev–Trinajstić information content (AvgIpc) is 2.36. The van der Waals surface area contributed by atoms with E-state index in [1.165, 1.54) is 0 Å². The van der Waals surface area contributed by atoms with Crippen LogP contribution in [0.4, 0.5) is 10.6 Å². The topological polar surface area (TPSA) is 92.4 Å². The molecule has 0 aliphatic rings. The third-order valence-corrected chi connectivity index (χ3v) is 2.57. The number of anilines is 1. The summed E-state index contributed by atoms with van der Waals surface area (Å²) in [6.45, 7) is 2.71. The quantitative estimate of drug-likeness (QED) is 0.440. The Kier molecular flexibility index (Phi) is 6.67. The van der Waals surface area contributed by atoms with Gasteiger partial charge in [-0.05, 0) is 18.6 Å². The minimum Gasteiger partial charge on any atom is -0.351 e. The Morgan fingerprint density at radius 2 is 2.32 bits per heavy atom. The monoisotopic (exact) mass is 283 g/mol. The predicted octanol–water partition coefficient (Wildman–Crippen LogP) is 2.36. The van der Waals surface area contributed by atoms with E-state index in [0.717, 1.165) is 19.3 Å². The van der Waals surface area contributed by atoms with Crippen molar-refractivity contribution in [1.29, 1.82) is 0 Å². The van der Waals surface area contributed by atoms with Crippen molar-refractivity contribution in [3.8, 4) is 0 Å². The lowest BCUT2D eigenvalue weighted by Crippen LogP contribution is -2.39. The molecule has 4 N–H and O–H groups in total. The third-order valence-electron chi connectivity index (χ3n) is 2.27. The SMILES string of the molecule is CCCCCN=C(NC(N)=O)Nc1ncccc1Cl. The van der Waals surface area contributed by atoms with Gasteiger partial charge in [-0.1, -0.05) is 31.4 Å². The summed E-state index contributed by atoms with van der Waals surface area (Å²) >= 11 is 5.96. The Bertz CT molecular complexity index is 450. The number of unbranched alkanes of at least 4 members (excludes halogenated alkanes) is 2. The molecule has 0 saturated carbocycles. The first kappa shape index (κ1) is 15.2. The molecule has 7 heteroatoms. The Balaban J connectivity index is 2.69. The number of carbonyl (C=O) groups excluding carboxylic acids is 1. The third kappa shape index (κ3) is 6.05. The highest BCUT2D eigenvalue weighted by Crippen LogP contribution is 2.16. The molecule has 0 aliphatic heterocycles. The van der Waals surface area contributed by atoms with Crippen LogP contribution in [0.1, 0.15) is 26.2 Å². The van der Waals surface area contributed by atoms with Gasteiger partial charge in [0.25, 0.3) is 0 Å². The number of nitrogens with two attached hydrogens (primary N) is 1. The van der Waals surface area contributed by atoms with Crippen LogP contribution < -0.4 is 16.4 Å². The van der Waals surface area contributed by atoms with Crippen LogP contribution in [0.15, 0.2) is 23.3 Å². The summed E-state index contributed by atoms with van der Waals surface area (Å²) in [4.78, 5) is 19.2. The standard InChI is InChI=1S/C12H18ClN5O/c1-2-3-4-7-16-12(18-11(14)19)17-10-9(13)6-5-8-15-10/h5-6,8H,2-4,7H2,1H3,(H4,14,15,16,17,18,19). The normalized spacial score (nSPS) is 11.2. The number of hydrogen-bond donors (Lipinski definition) is 3. The van der Waals surface area contributed by atoms with E-state index in [0.29, 0.717) is 17.4 Å². The van der Waals surface area contributed by atoms with E-state index in [1.54, 1.807) is 18.3 Å². The second-order valence-electron chi connectivity index (χ2n) is 3.89. The number of primary amides is 1. The van der Waals surface area contributed by atoms with Gasteiger partial charge >= 0.3 is 6.03 Å².